The van der Waals surface area contributed by atoms with Crippen LogP contribution in [0.5, 0.6) is 0 Å². The Morgan fingerprint density at radius 1 is 0.822 bits per heavy atom. The molecule has 230 valence electrons. The Morgan fingerprint density at radius 2 is 1.47 bits per heavy atom. The zero-order valence-electron chi connectivity index (χ0n) is 26.3. The summed E-state index contributed by atoms with van der Waals surface area (Å²) < 4.78 is 0. The van der Waals surface area contributed by atoms with Gasteiger partial charge in [-0.25, -0.2) is 0 Å². The highest BCUT2D eigenvalue weighted by Gasteiger charge is 2.48. The summed E-state index contributed by atoms with van der Waals surface area (Å²) in [7, 11) is 0. The topological polar surface area (TPSA) is 55.9 Å². The van der Waals surface area contributed by atoms with E-state index in [0.717, 1.165) is 79.1 Å². The second kappa shape index (κ2) is 12.2. The van der Waals surface area contributed by atoms with Crippen LogP contribution in [0.4, 0.5) is 5.69 Å². The second-order valence-corrected chi connectivity index (χ2v) is 12.6. The molecule has 45 heavy (non-hydrogen) atoms. The minimum Gasteiger partial charge on any atom is -0.369 e. The van der Waals surface area contributed by atoms with Gasteiger partial charge in [-0.15, -0.1) is 0 Å². The van der Waals surface area contributed by atoms with Crippen LogP contribution in [0.25, 0.3) is 11.1 Å². The third-order valence-electron chi connectivity index (χ3n) is 10.2. The number of carbonyl (C=O) groups is 2. The minimum atomic E-state index is -0.659. The van der Waals surface area contributed by atoms with Crippen molar-refractivity contribution in [3.8, 4) is 11.1 Å². The van der Waals surface area contributed by atoms with E-state index >= 15 is 0 Å². The van der Waals surface area contributed by atoms with Gasteiger partial charge < -0.3 is 15.1 Å². The van der Waals surface area contributed by atoms with Crippen LogP contribution in [-0.2, 0) is 16.8 Å². The van der Waals surface area contributed by atoms with Gasteiger partial charge in [0.2, 0.25) is 5.91 Å². The Hall–Kier alpha value is -4.42. The van der Waals surface area contributed by atoms with Gasteiger partial charge in [-0.05, 0) is 78.7 Å². The molecule has 0 bridgehead atoms. The van der Waals surface area contributed by atoms with Crippen LogP contribution in [0.3, 0.4) is 0 Å². The predicted molar refractivity (Wildman–Crippen MR) is 180 cm³/mol. The molecule has 0 aromatic heterocycles. The van der Waals surface area contributed by atoms with E-state index in [0.29, 0.717) is 13.1 Å². The van der Waals surface area contributed by atoms with Crippen molar-refractivity contribution in [2.45, 2.75) is 44.7 Å². The average Bonchev–Trinajstić information content (AvgIpc) is 3.57. The fourth-order valence-corrected chi connectivity index (χ4v) is 7.79. The van der Waals surface area contributed by atoms with Gasteiger partial charge in [0.15, 0.2) is 0 Å². The number of nitrogens with zero attached hydrogens (tertiary/aromatic N) is 3. The molecule has 1 fully saturated rings. The summed E-state index contributed by atoms with van der Waals surface area (Å²) in [6.07, 6.45) is 1.71. The largest absolute Gasteiger partial charge is 0.369 e. The van der Waals surface area contributed by atoms with Gasteiger partial charge in [0, 0.05) is 50.5 Å². The smallest absolute Gasteiger partial charge is 0.255 e. The molecule has 1 saturated heterocycles. The maximum Gasteiger partial charge on any atom is 0.255 e. The summed E-state index contributed by atoms with van der Waals surface area (Å²) in [5.74, 6) is 0.230. The summed E-state index contributed by atoms with van der Waals surface area (Å²) in [6, 6.07) is 33.6. The monoisotopic (exact) mass is 598 g/mol. The first-order chi connectivity index (χ1) is 22.0. The molecule has 2 amide bonds. The fourth-order valence-electron chi connectivity index (χ4n) is 7.79. The number of carbonyl (C=O) groups excluding carboxylic acids is 2. The van der Waals surface area contributed by atoms with E-state index in [1.807, 2.05) is 30.0 Å². The SMILES string of the molecule is CCNC(=O)C1(CCCN2CCN(c3ccc4c(c3)C(=O)N(C(C)c3ccccc3)C4)CC2)c2ccccc2-c2ccccc21. The molecule has 1 N–H and O–H groups in total. The maximum atomic E-state index is 13.8. The molecule has 1 atom stereocenters. The Morgan fingerprint density at radius 3 is 2.13 bits per heavy atom. The van der Waals surface area contributed by atoms with Crippen LogP contribution in [0.2, 0.25) is 0 Å². The maximum absolute atomic E-state index is 13.8. The molecule has 3 aliphatic rings. The van der Waals surface area contributed by atoms with Gasteiger partial charge in [0.25, 0.3) is 5.91 Å². The number of benzene rings is 4. The lowest BCUT2D eigenvalue weighted by atomic mass is 9.73. The number of likely N-dealkylation sites (N-methyl/N-ethyl adjacent to an activating group) is 1. The highest BCUT2D eigenvalue weighted by molar-refractivity contribution is 6.01. The van der Waals surface area contributed by atoms with Gasteiger partial charge in [-0.3, -0.25) is 14.5 Å². The average molecular weight is 599 g/mol. The van der Waals surface area contributed by atoms with Crippen molar-refractivity contribution >= 4 is 17.5 Å². The third kappa shape index (κ3) is 5.11. The Labute approximate surface area is 266 Å². The van der Waals surface area contributed by atoms with E-state index in [-0.39, 0.29) is 17.9 Å². The van der Waals surface area contributed by atoms with Crippen LogP contribution in [0, 0.1) is 0 Å². The summed E-state index contributed by atoms with van der Waals surface area (Å²) in [4.78, 5) is 34.2. The van der Waals surface area contributed by atoms with E-state index in [1.165, 1.54) is 11.1 Å². The highest BCUT2D eigenvalue weighted by Crippen LogP contribution is 2.51. The van der Waals surface area contributed by atoms with E-state index in [2.05, 4.69) is 101 Å². The first kappa shape index (κ1) is 29.3. The lowest BCUT2D eigenvalue weighted by Crippen LogP contribution is -2.47. The van der Waals surface area contributed by atoms with Crippen molar-refractivity contribution in [1.82, 2.24) is 15.1 Å². The highest BCUT2D eigenvalue weighted by atomic mass is 16.2. The molecular weight excluding hydrogens is 556 g/mol. The van der Waals surface area contributed by atoms with Crippen molar-refractivity contribution < 1.29 is 9.59 Å². The molecular formula is C39H42N4O2. The summed E-state index contributed by atoms with van der Waals surface area (Å²) in [5, 5.41) is 3.17. The molecule has 1 unspecified atom stereocenters. The third-order valence-corrected chi connectivity index (χ3v) is 10.2. The van der Waals surface area contributed by atoms with Crippen LogP contribution >= 0.6 is 0 Å². The second-order valence-electron chi connectivity index (χ2n) is 12.6. The summed E-state index contributed by atoms with van der Waals surface area (Å²) >= 11 is 0. The number of fused-ring (bicyclic) bond motifs is 4. The van der Waals surface area contributed by atoms with Gasteiger partial charge >= 0.3 is 0 Å². The van der Waals surface area contributed by atoms with Crippen molar-refractivity contribution in [2.24, 2.45) is 0 Å². The Balaban J connectivity index is 0.999. The lowest BCUT2D eigenvalue weighted by molar-refractivity contribution is -0.125. The van der Waals surface area contributed by atoms with Gasteiger partial charge in [-0.1, -0.05) is 84.9 Å². The van der Waals surface area contributed by atoms with Gasteiger partial charge in [0.05, 0.1) is 6.04 Å². The van der Waals surface area contributed by atoms with Crippen molar-refractivity contribution in [2.75, 3.05) is 44.2 Å². The molecule has 7 rings (SSSR count). The van der Waals surface area contributed by atoms with Crippen LogP contribution in [-0.4, -0.2) is 60.9 Å². The fraction of sp³-hybridized carbons (Fsp3) is 0.333. The molecule has 4 aromatic rings. The normalized spacial score (nSPS) is 17.5. The predicted octanol–water partition coefficient (Wildman–Crippen LogP) is 6.41. The van der Waals surface area contributed by atoms with Crippen molar-refractivity contribution in [3.05, 3.63) is 125 Å². The van der Waals surface area contributed by atoms with Crippen LogP contribution < -0.4 is 10.2 Å². The number of rotatable bonds is 9. The zero-order chi connectivity index (χ0) is 31.0. The lowest BCUT2D eigenvalue weighted by Gasteiger charge is -2.37. The quantitative estimate of drug-likeness (QED) is 0.242. The van der Waals surface area contributed by atoms with Gasteiger partial charge in [-0.2, -0.15) is 0 Å². The van der Waals surface area contributed by atoms with E-state index < -0.39 is 5.41 Å². The first-order valence-electron chi connectivity index (χ1n) is 16.4. The molecule has 6 nitrogen and oxygen atoms in total. The summed E-state index contributed by atoms with van der Waals surface area (Å²) in [6.45, 7) is 10.1. The molecule has 6 heteroatoms. The molecule has 2 aliphatic heterocycles. The van der Waals surface area contributed by atoms with E-state index in [9.17, 15) is 9.59 Å². The van der Waals surface area contributed by atoms with Crippen molar-refractivity contribution in [3.63, 3.8) is 0 Å². The van der Waals surface area contributed by atoms with Crippen molar-refractivity contribution in [1.29, 1.82) is 0 Å². The Kier molecular flexibility index (Phi) is 7.92. The molecule has 0 radical (unpaired) electrons. The van der Waals surface area contributed by atoms with Gasteiger partial charge in [0.1, 0.15) is 5.41 Å². The molecule has 2 heterocycles. The molecule has 0 saturated carbocycles. The summed E-state index contributed by atoms with van der Waals surface area (Å²) in [5.41, 5.74) is 8.20. The minimum absolute atomic E-state index is 0.0384. The standard InChI is InChI=1S/C39H42N4O2/c1-3-40-38(45)39(35-16-9-7-14-32(35)33-15-8-10-17-36(33)39)20-11-21-41-22-24-42(25-23-41)31-19-18-30-27-43(37(44)34(30)26-31)28(2)29-12-5-4-6-13-29/h4-10,12-19,26,28H,3,11,20-25,27H2,1-2H3,(H,40,45). The number of hydrogen-bond donors (Lipinski definition) is 1. The zero-order valence-corrected chi connectivity index (χ0v) is 26.3. The number of piperazine rings is 1. The number of amides is 2. The van der Waals surface area contributed by atoms with Crippen LogP contribution in [0.1, 0.15) is 65.3 Å². The van der Waals surface area contributed by atoms with E-state index in [4.69, 9.17) is 0 Å². The molecule has 4 aromatic carbocycles. The molecule has 0 spiro atoms. The number of hydrogen-bond acceptors (Lipinski definition) is 4. The number of nitrogens with one attached hydrogen (secondary N) is 1. The Bertz CT molecular complexity index is 1660. The van der Waals surface area contributed by atoms with E-state index in [1.54, 1.807) is 0 Å². The molecule has 1 aliphatic carbocycles. The first-order valence-corrected chi connectivity index (χ1v) is 16.4. The number of anilines is 1. The van der Waals surface area contributed by atoms with Crippen LogP contribution in [0.15, 0.2) is 97.1 Å².